The molecule has 0 aliphatic carbocycles. The second-order valence-corrected chi connectivity index (χ2v) is 5.89. The minimum atomic E-state index is -4.30. The number of nitrogens with zero attached hydrogens (tertiary/aromatic N) is 1. The standard InChI is InChI=1S/C14H15F3N2S/c1-9(18-7-13-8-19-10(2)20-13)11-4-3-5-12(6-11)14(15,16)17/h3-6,8-9,18H,7H2,1-2H3. The van der Waals surface area contributed by atoms with E-state index in [-0.39, 0.29) is 6.04 Å². The Labute approximate surface area is 119 Å². The summed E-state index contributed by atoms with van der Waals surface area (Å²) in [4.78, 5) is 5.21. The quantitative estimate of drug-likeness (QED) is 0.909. The molecule has 1 N–H and O–H groups in total. The van der Waals surface area contributed by atoms with Gasteiger partial charge in [0.2, 0.25) is 0 Å². The Morgan fingerprint density at radius 3 is 2.70 bits per heavy atom. The Bertz CT molecular complexity index is 578. The van der Waals surface area contributed by atoms with Crippen LogP contribution in [0.15, 0.2) is 30.5 Å². The van der Waals surface area contributed by atoms with Crippen LogP contribution in [-0.2, 0) is 12.7 Å². The van der Waals surface area contributed by atoms with Gasteiger partial charge in [-0.3, -0.25) is 0 Å². The second-order valence-electron chi connectivity index (χ2n) is 4.57. The van der Waals surface area contributed by atoms with Gasteiger partial charge in [0.15, 0.2) is 0 Å². The number of alkyl halides is 3. The molecule has 6 heteroatoms. The number of aromatic nitrogens is 1. The predicted octanol–water partition coefficient (Wildman–Crippen LogP) is 4.32. The van der Waals surface area contributed by atoms with Crippen LogP contribution in [0.3, 0.4) is 0 Å². The smallest absolute Gasteiger partial charge is 0.305 e. The van der Waals surface area contributed by atoms with Gasteiger partial charge in [0.25, 0.3) is 0 Å². The Kier molecular flexibility index (Phi) is 4.45. The van der Waals surface area contributed by atoms with Gasteiger partial charge in [-0.05, 0) is 31.5 Å². The van der Waals surface area contributed by atoms with E-state index in [9.17, 15) is 13.2 Å². The van der Waals surface area contributed by atoms with Gasteiger partial charge < -0.3 is 5.32 Å². The van der Waals surface area contributed by atoms with Gasteiger partial charge in [0.05, 0.1) is 10.6 Å². The van der Waals surface area contributed by atoms with Crippen molar-refractivity contribution < 1.29 is 13.2 Å². The number of aryl methyl sites for hydroxylation is 1. The molecule has 1 heterocycles. The minimum absolute atomic E-state index is 0.153. The van der Waals surface area contributed by atoms with Gasteiger partial charge >= 0.3 is 6.18 Å². The minimum Gasteiger partial charge on any atom is -0.305 e. The summed E-state index contributed by atoms with van der Waals surface area (Å²) in [5, 5.41) is 4.19. The second kappa shape index (κ2) is 5.93. The molecule has 0 bridgehead atoms. The maximum Gasteiger partial charge on any atom is 0.416 e. The Hall–Kier alpha value is -1.40. The van der Waals surface area contributed by atoms with E-state index in [1.165, 1.54) is 12.1 Å². The fraction of sp³-hybridized carbons (Fsp3) is 0.357. The molecule has 0 fully saturated rings. The summed E-state index contributed by atoms with van der Waals surface area (Å²) >= 11 is 1.58. The highest BCUT2D eigenvalue weighted by Gasteiger charge is 2.30. The van der Waals surface area contributed by atoms with Crippen LogP contribution in [0.2, 0.25) is 0 Å². The molecule has 1 unspecified atom stereocenters. The molecule has 0 saturated heterocycles. The molecule has 0 amide bonds. The monoisotopic (exact) mass is 300 g/mol. The lowest BCUT2D eigenvalue weighted by Gasteiger charge is -2.15. The van der Waals surface area contributed by atoms with Gasteiger partial charge in [-0.15, -0.1) is 11.3 Å². The van der Waals surface area contributed by atoms with Crippen LogP contribution >= 0.6 is 11.3 Å². The largest absolute Gasteiger partial charge is 0.416 e. The highest BCUT2D eigenvalue weighted by atomic mass is 32.1. The first kappa shape index (κ1) is 15.0. The van der Waals surface area contributed by atoms with Crippen molar-refractivity contribution in [3.8, 4) is 0 Å². The Morgan fingerprint density at radius 1 is 1.35 bits per heavy atom. The fourth-order valence-electron chi connectivity index (χ4n) is 1.84. The summed E-state index contributed by atoms with van der Waals surface area (Å²) in [6, 6.07) is 5.26. The van der Waals surface area contributed by atoms with Crippen LogP contribution in [0.25, 0.3) is 0 Å². The molecule has 0 aliphatic rings. The van der Waals surface area contributed by atoms with Crippen molar-refractivity contribution in [1.82, 2.24) is 10.3 Å². The average molecular weight is 300 g/mol. The summed E-state index contributed by atoms with van der Waals surface area (Å²) in [6.45, 7) is 4.37. The van der Waals surface area contributed by atoms with E-state index in [1.54, 1.807) is 23.6 Å². The maximum absolute atomic E-state index is 12.7. The van der Waals surface area contributed by atoms with Gasteiger partial charge in [-0.2, -0.15) is 13.2 Å². The molecule has 0 spiro atoms. The van der Waals surface area contributed by atoms with Gasteiger partial charge in [-0.25, -0.2) is 4.98 Å². The van der Waals surface area contributed by atoms with Crippen LogP contribution in [-0.4, -0.2) is 4.98 Å². The van der Waals surface area contributed by atoms with E-state index in [0.717, 1.165) is 16.0 Å². The summed E-state index contributed by atoms with van der Waals surface area (Å²) in [6.07, 6.45) is -2.52. The van der Waals surface area contributed by atoms with Crippen molar-refractivity contribution in [3.63, 3.8) is 0 Å². The fourth-order valence-corrected chi connectivity index (χ4v) is 2.59. The van der Waals surface area contributed by atoms with Crippen LogP contribution in [0.1, 0.15) is 34.0 Å². The zero-order valence-corrected chi connectivity index (χ0v) is 12.0. The van der Waals surface area contributed by atoms with Crippen LogP contribution in [0, 0.1) is 6.92 Å². The van der Waals surface area contributed by atoms with Crippen LogP contribution in [0.5, 0.6) is 0 Å². The van der Waals surface area contributed by atoms with Crippen LogP contribution < -0.4 is 5.32 Å². The van der Waals surface area contributed by atoms with E-state index in [2.05, 4.69) is 10.3 Å². The lowest BCUT2D eigenvalue weighted by molar-refractivity contribution is -0.137. The SMILES string of the molecule is Cc1ncc(CNC(C)c2cccc(C(F)(F)F)c2)s1. The van der Waals surface area contributed by atoms with Crippen molar-refractivity contribution >= 4 is 11.3 Å². The summed E-state index contributed by atoms with van der Waals surface area (Å²) < 4.78 is 38.0. The summed E-state index contributed by atoms with van der Waals surface area (Å²) in [5.41, 5.74) is 0.0124. The summed E-state index contributed by atoms with van der Waals surface area (Å²) in [5.74, 6) is 0. The molecule has 0 aliphatic heterocycles. The van der Waals surface area contributed by atoms with Crippen LogP contribution in [0.4, 0.5) is 13.2 Å². The van der Waals surface area contributed by atoms with E-state index >= 15 is 0 Å². The normalized spacial score (nSPS) is 13.4. The number of rotatable bonds is 4. The molecular weight excluding hydrogens is 285 g/mol. The van der Waals surface area contributed by atoms with E-state index in [1.807, 2.05) is 13.8 Å². The third kappa shape index (κ3) is 3.80. The molecule has 108 valence electrons. The van der Waals surface area contributed by atoms with E-state index in [0.29, 0.717) is 12.1 Å². The Balaban J connectivity index is 2.03. The molecule has 2 nitrogen and oxygen atoms in total. The first-order chi connectivity index (χ1) is 9.36. The van der Waals surface area contributed by atoms with Gasteiger partial charge in [0, 0.05) is 23.7 Å². The van der Waals surface area contributed by atoms with Crippen molar-refractivity contribution in [3.05, 3.63) is 51.5 Å². The number of hydrogen-bond donors (Lipinski definition) is 1. The molecule has 2 rings (SSSR count). The van der Waals surface area contributed by atoms with Crippen molar-refractivity contribution in [2.45, 2.75) is 32.6 Å². The molecule has 0 radical (unpaired) electrons. The number of thiazole rings is 1. The molecule has 0 saturated carbocycles. The average Bonchev–Trinajstić information content (AvgIpc) is 2.81. The maximum atomic E-state index is 12.7. The number of benzene rings is 1. The topological polar surface area (TPSA) is 24.9 Å². The molecular formula is C14H15F3N2S. The molecule has 1 aromatic carbocycles. The summed E-state index contributed by atoms with van der Waals surface area (Å²) in [7, 11) is 0. The van der Waals surface area contributed by atoms with Crippen molar-refractivity contribution in [2.24, 2.45) is 0 Å². The highest BCUT2D eigenvalue weighted by molar-refractivity contribution is 7.11. The van der Waals surface area contributed by atoms with Gasteiger partial charge in [-0.1, -0.05) is 12.1 Å². The molecule has 20 heavy (non-hydrogen) atoms. The molecule has 1 atom stereocenters. The molecule has 1 aromatic heterocycles. The number of hydrogen-bond acceptors (Lipinski definition) is 3. The first-order valence-corrected chi connectivity index (χ1v) is 7.00. The predicted molar refractivity (Wildman–Crippen MR) is 73.5 cm³/mol. The van der Waals surface area contributed by atoms with E-state index in [4.69, 9.17) is 0 Å². The highest BCUT2D eigenvalue weighted by Crippen LogP contribution is 2.30. The number of nitrogens with one attached hydrogen (secondary N) is 1. The van der Waals surface area contributed by atoms with Gasteiger partial charge in [0.1, 0.15) is 0 Å². The molecule has 2 aromatic rings. The number of halogens is 3. The third-order valence-electron chi connectivity index (χ3n) is 2.97. The zero-order chi connectivity index (χ0) is 14.8. The lowest BCUT2D eigenvalue weighted by atomic mass is 10.0. The van der Waals surface area contributed by atoms with E-state index < -0.39 is 11.7 Å². The third-order valence-corrected chi connectivity index (χ3v) is 3.88. The van der Waals surface area contributed by atoms with Crippen molar-refractivity contribution in [2.75, 3.05) is 0 Å². The Morgan fingerprint density at radius 2 is 2.10 bits per heavy atom. The lowest BCUT2D eigenvalue weighted by Crippen LogP contribution is -2.18. The van der Waals surface area contributed by atoms with Crippen molar-refractivity contribution in [1.29, 1.82) is 0 Å². The zero-order valence-electron chi connectivity index (χ0n) is 11.2. The first-order valence-electron chi connectivity index (χ1n) is 6.18.